The molecular formula is C18H18ClF2N5. The lowest BCUT2D eigenvalue weighted by molar-refractivity contribution is -0.0433. The Morgan fingerprint density at radius 3 is 2.88 bits per heavy atom. The van der Waals surface area contributed by atoms with Crippen molar-refractivity contribution in [1.29, 1.82) is 0 Å². The predicted octanol–water partition coefficient (Wildman–Crippen LogP) is 4.21. The van der Waals surface area contributed by atoms with Gasteiger partial charge in [-0.2, -0.15) is 0 Å². The van der Waals surface area contributed by atoms with Gasteiger partial charge in [-0.1, -0.05) is 29.8 Å². The number of aromatic amines is 1. The van der Waals surface area contributed by atoms with E-state index in [0.717, 1.165) is 16.5 Å². The molecule has 0 aliphatic heterocycles. The van der Waals surface area contributed by atoms with Gasteiger partial charge in [0.25, 0.3) is 5.92 Å². The molecule has 0 radical (unpaired) electrons. The second kappa shape index (κ2) is 6.48. The molecule has 4 N–H and O–H groups in total. The lowest BCUT2D eigenvalue weighted by Gasteiger charge is -2.33. The van der Waals surface area contributed by atoms with Gasteiger partial charge in [0.15, 0.2) is 0 Å². The molecule has 1 aromatic carbocycles. The summed E-state index contributed by atoms with van der Waals surface area (Å²) < 4.78 is 27.5. The Kier molecular flexibility index (Phi) is 4.28. The van der Waals surface area contributed by atoms with E-state index >= 15 is 0 Å². The first kappa shape index (κ1) is 17.2. The topological polar surface area (TPSA) is 79.6 Å². The van der Waals surface area contributed by atoms with Crippen molar-refractivity contribution in [2.45, 2.75) is 37.3 Å². The van der Waals surface area contributed by atoms with E-state index in [2.05, 4.69) is 20.3 Å². The highest BCUT2D eigenvalue weighted by atomic mass is 35.5. The van der Waals surface area contributed by atoms with Crippen LogP contribution in [0.1, 0.15) is 19.3 Å². The third-order valence-electron chi connectivity index (χ3n) is 4.61. The molecule has 0 bridgehead atoms. The Morgan fingerprint density at radius 1 is 1.27 bits per heavy atom. The van der Waals surface area contributed by atoms with Gasteiger partial charge in [-0.25, -0.2) is 18.7 Å². The second-order valence-corrected chi connectivity index (χ2v) is 7.15. The average Bonchev–Trinajstić information content (AvgIpc) is 2.98. The van der Waals surface area contributed by atoms with Crippen molar-refractivity contribution in [3.63, 3.8) is 0 Å². The van der Waals surface area contributed by atoms with E-state index in [1.54, 1.807) is 0 Å². The standard InChI is InChI=1S/C18H18ClF2N5/c19-14-9-24-17(25-11-5-10(22)6-18(20,21)7-11)26-16(14)13-8-23-15-4-2-1-3-12(13)15/h1-4,8-11,23H,5-7,22H2,(H,24,25,26)/t10-,11+/m1/s1. The van der Waals surface area contributed by atoms with E-state index in [-0.39, 0.29) is 18.8 Å². The first-order chi connectivity index (χ1) is 12.4. The van der Waals surface area contributed by atoms with Crippen molar-refractivity contribution in [3.05, 3.63) is 41.7 Å². The van der Waals surface area contributed by atoms with Gasteiger partial charge in [-0.15, -0.1) is 0 Å². The number of H-pyrrole nitrogens is 1. The summed E-state index contributed by atoms with van der Waals surface area (Å²) in [5, 5.41) is 4.36. The second-order valence-electron chi connectivity index (χ2n) is 6.74. The summed E-state index contributed by atoms with van der Waals surface area (Å²) in [7, 11) is 0. The zero-order valence-corrected chi connectivity index (χ0v) is 14.6. The summed E-state index contributed by atoms with van der Waals surface area (Å²) in [6.07, 6.45) is 3.19. The Balaban J connectivity index is 1.65. The van der Waals surface area contributed by atoms with Crippen LogP contribution in [0.2, 0.25) is 5.02 Å². The van der Waals surface area contributed by atoms with Crippen LogP contribution in [0.25, 0.3) is 22.2 Å². The number of para-hydroxylation sites is 1. The molecule has 1 fully saturated rings. The SMILES string of the molecule is N[C@@H]1C[C@H](Nc2ncc(Cl)c(-c3c[nH]c4ccccc34)n2)CC(F)(F)C1. The van der Waals surface area contributed by atoms with Crippen LogP contribution in [-0.4, -0.2) is 33.0 Å². The molecule has 0 unspecified atom stereocenters. The summed E-state index contributed by atoms with van der Waals surface area (Å²) in [5.41, 5.74) is 8.11. The number of halogens is 3. The van der Waals surface area contributed by atoms with Gasteiger partial charge in [-0.3, -0.25) is 0 Å². The predicted molar refractivity (Wildman–Crippen MR) is 98.5 cm³/mol. The third kappa shape index (κ3) is 3.37. The van der Waals surface area contributed by atoms with Gasteiger partial charge in [0.05, 0.1) is 16.9 Å². The van der Waals surface area contributed by atoms with Crippen molar-refractivity contribution in [1.82, 2.24) is 15.0 Å². The van der Waals surface area contributed by atoms with Gasteiger partial charge in [0.1, 0.15) is 0 Å². The zero-order valence-electron chi connectivity index (χ0n) is 13.8. The van der Waals surface area contributed by atoms with Crippen LogP contribution in [0, 0.1) is 0 Å². The Bertz CT molecular complexity index is 942. The van der Waals surface area contributed by atoms with Crippen molar-refractivity contribution in [3.8, 4) is 11.3 Å². The number of nitrogens with zero attached hydrogens (tertiary/aromatic N) is 2. The number of nitrogens with one attached hydrogen (secondary N) is 2. The number of hydrogen-bond acceptors (Lipinski definition) is 4. The lowest BCUT2D eigenvalue weighted by Crippen LogP contribution is -2.44. The molecule has 26 heavy (non-hydrogen) atoms. The molecule has 1 aliphatic rings. The maximum absolute atomic E-state index is 13.8. The lowest BCUT2D eigenvalue weighted by atomic mass is 9.88. The fourth-order valence-corrected chi connectivity index (χ4v) is 3.74. The van der Waals surface area contributed by atoms with Crippen LogP contribution < -0.4 is 11.1 Å². The van der Waals surface area contributed by atoms with Crippen molar-refractivity contribution < 1.29 is 8.78 Å². The molecule has 5 nitrogen and oxygen atoms in total. The smallest absolute Gasteiger partial charge is 0.251 e. The van der Waals surface area contributed by atoms with Crippen LogP contribution in [0.5, 0.6) is 0 Å². The molecule has 1 aliphatic carbocycles. The summed E-state index contributed by atoms with van der Waals surface area (Å²) in [5.74, 6) is -2.51. The van der Waals surface area contributed by atoms with Gasteiger partial charge >= 0.3 is 0 Å². The van der Waals surface area contributed by atoms with Crippen LogP contribution in [0.3, 0.4) is 0 Å². The van der Waals surface area contributed by atoms with Gasteiger partial charge < -0.3 is 16.0 Å². The number of anilines is 1. The Labute approximate surface area is 154 Å². The number of benzene rings is 1. The molecule has 0 saturated heterocycles. The van der Waals surface area contributed by atoms with Crippen LogP contribution in [0.15, 0.2) is 36.7 Å². The number of hydrogen-bond donors (Lipinski definition) is 3. The summed E-state index contributed by atoms with van der Waals surface area (Å²) >= 11 is 6.29. The molecule has 2 heterocycles. The van der Waals surface area contributed by atoms with Crippen LogP contribution in [0.4, 0.5) is 14.7 Å². The summed E-state index contributed by atoms with van der Waals surface area (Å²) in [6, 6.07) is 6.76. The number of fused-ring (bicyclic) bond motifs is 1. The summed E-state index contributed by atoms with van der Waals surface area (Å²) in [4.78, 5) is 11.8. The first-order valence-corrected chi connectivity index (χ1v) is 8.78. The average molecular weight is 378 g/mol. The monoisotopic (exact) mass is 377 g/mol. The number of rotatable bonds is 3. The number of alkyl halides is 2. The maximum atomic E-state index is 13.8. The van der Waals surface area contributed by atoms with E-state index in [1.165, 1.54) is 6.20 Å². The zero-order chi connectivity index (χ0) is 18.3. The molecular weight excluding hydrogens is 360 g/mol. The van der Waals surface area contributed by atoms with Crippen LogP contribution in [-0.2, 0) is 0 Å². The minimum atomic E-state index is -2.78. The fourth-order valence-electron chi connectivity index (χ4n) is 3.55. The molecule has 0 spiro atoms. The molecule has 4 rings (SSSR count). The Morgan fingerprint density at radius 2 is 2.08 bits per heavy atom. The minimum Gasteiger partial charge on any atom is -0.360 e. The quantitative estimate of drug-likeness (QED) is 0.639. The normalized spacial score (nSPS) is 22.5. The molecule has 0 amide bonds. The van der Waals surface area contributed by atoms with E-state index in [0.29, 0.717) is 17.1 Å². The largest absolute Gasteiger partial charge is 0.360 e. The van der Waals surface area contributed by atoms with Crippen molar-refractivity contribution in [2.24, 2.45) is 5.73 Å². The summed E-state index contributed by atoms with van der Waals surface area (Å²) in [6.45, 7) is 0. The van der Waals surface area contributed by atoms with E-state index in [9.17, 15) is 8.78 Å². The van der Waals surface area contributed by atoms with Gasteiger partial charge in [-0.05, 0) is 12.5 Å². The highest BCUT2D eigenvalue weighted by molar-refractivity contribution is 6.33. The van der Waals surface area contributed by atoms with Crippen molar-refractivity contribution in [2.75, 3.05) is 5.32 Å². The van der Waals surface area contributed by atoms with E-state index < -0.39 is 18.0 Å². The molecule has 2 atom stereocenters. The van der Waals surface area contributed by atoms with Gasteiger partial charge in [0.2, 0.25) is 5.95 Å². The molecule has 8 heteroatoms. The molecule has 136 valence electrons. The number of aromatic nitrogens is 3. The Hall–Kier alpha value is -2.25. The van der Waals surface area contributed by atoms with Crippen LogP contribution >= 0.6 is 11.6 Å². The maximum Gasteiger partial charge on any atom is 0.251 e. The van der Waals surface area contributed by atoms with E-state index in [1.807, 2.05) is 30.5 Å². The highest BCUT2D eigenvalue weighted by Gasteiger charge is 2.40. The van der Waals surface area contributed by atoms with Crippen molar-refractivity contribution >= 4 is 28.5 Å². The van der Waals surface area contributed by atoms with E-state index in [4.69, 9.17) is 17.3 Å². The first-order valence-electron chi connectivity index (χ1n) is 8.40. The minimum absolute atomic E-state index is 0.268. The fraction of sp³-hybridized carbons (Fsp3) is 0.333. The molecule has 2 aromatic heterocycles. The number of nitrogens with two attached hydrogens (primary N) is 1. The third-order valence-corrected chi connectivity index (χ3v) is 4.89. The molecule has 3 aromatic rings. The molecule has 1 saturated carbocycles. The highest BCUT2D eigenvalue weighted by Crippen LogP contribution is 2.35. The van der Waals surface area contributed by atoms with Gasteiger partial charge in [0, 0.05) is 47.6 Å².